The molecule has 6 heteroatoms. The third kappa shape index (κ3) is 3.42. The number of morpholine rings is 1. The van der Waals surface area contributed by atoms with Crippen LogP contribution in [0.5, 0.6) is 0 Å². The molecule has 0 radical (unpaired) electrons. The summed E-state index contributed by atoms with van der Waals surface area (Å²) in [6, 6.07) is 15.8. The number of carbonyl (C=O) groups is 2. The highest BCUT2D eigenvalue weighted by molar-refractivity contribution is 6.17. The molecule has 0 atom stereocenters. The third-order valence-electron chi connectivity index (χ3n) is 6.36. The van der Waals surface area contributed by atoms with Gasteiger partial charge in [-0.2, -0.15) is 0 Å². The number of ether oxygens (including phenoxy) is 1. The maximum Gasteiger partial charge on any atom is 0.254 e. The monoisotopic (exact) mass is 427 g/mol. The largest absolute Gasteiger partial charge is 0.378 e. The van der Waals surface area contributed by atoms with E-state index >= 15 is 0 Å². The highest BCUT2D eigenvalue weighted by Gasteiger charge is 2.20. The normalized spacial score (nSPS) is 14.2. The van der Waals surface area contributed by atoms with Crippen LogP contribution in [0.3, 0.4) is 0 Å². The Morgan fingerprint density at radius 1 is 0.906 bits per heavy atom. The van der Waals surface area contributed by atoms with E-state index in [0.29, 0.717) is 42.9 Å². The number of carbonyl (C=O) groups excluding carboxylic acids is 2. The van der Waals surface area contributed by atoms with Crippen molar-refractivity contribution in [3.05, 3.63) is 70.8 Å². The van der Waals surface area contributed by atoms with Crippen LogP contribution < -0.4 is 5.73 Å². The van der Waals surface area contributed by atoms with Crippen LogP contribution in [0, 0.1) is 13.8 Å². The van der Waals surface area contributed by atoms with Crippen LogP contribution in [0.1, 0.15) is 31.8 Å². The maximum atomic E-state index is 12.9. The first kappa shape index (κ1) is 20.3. The molecule has 2 amide bonds. The Hall–Kier alpha value is -3.64. The van der Waals surface area contributed by atoms with Gasteiger partial charge in [-0.15, -0.1) is 0 Å². The molecule has 2 heterocycles. The molecule has 5 rings (SSSR count). The number of hydrogen-bond donors (Lipinski definition) is 2. The minimum atomic E-state index is -0.489. The number of aromatic nitrogens is 1. The lowest BCUT2D eigenvalue weighted by Gasteiger charge is -2.26. The first-order chi connectivity index (χ1) is 15.4. The summed E-state index contributed by atoms with van der Waals surface area (Å²) >= 11 is 0. The molecule has 0 unspecified atom stereocenters. The fourth-order valence-corrected chi connectivity index (χ4v) is 4.37. The van der Waals surface area contributed by atoms with Crippen molar-refractivity contribution in [1.82, 2.24) is 9.88 Å². The van der Waals surface area contributed by atoms with E-state index in [0.717, 1.165) is 27.4 Å². The zero-order valence-corrected chi connectivity index (χ0v) is 18.2. The predicted molar refractivity (Wildman–Crippen MR) is 126 cm³/mol. The smallest absolute Gasteiger partial charge is 0.254 e. The summed E-state index contributed by atoms with van der Waals surface area (Å²) in [5, 5.41) is 1.86. The molecule has 4 aromatic rings. The molecule has 1 aromatic heterocycles. The number of primary amides is 1. The Kier molecular flexibility index (Phi) is 4.94. The topological polar surface area (TPSA) is 88.4 Å². The second-order valence-corrected chi connectivity index (χ2v) is 8.40. The average Bonchev–Trinajstić information content (AvgIpc) is 3.18. The summed E-state index contributed by atoms with van der Waals surface area (Å²) in [7, 11) is 0. The molecule has 0 bridgehead atoms. The van der Waals surface area contributed by atoms with E-state index in [2.05, 4.69) is 43.1 Å². The number of nitrogens with two attached hydrogens (primary N) is 1. The van der Waals surface area contributed by atoms with Crippen LogP contribution in [0.15, 0.2) is 48.5 Å². The number of nitrogens with zero attached hydrogens (tertiary/aromatic N) is 1. The molecule has 0 aliphatic carbocycles. The maximum absolute atomic E-state index is 12.9. The Balaban J connectivity index is 1.65. The fraction of sp³-hybridized carbons (Fsp3) is 0.231. The minimum absolute atomic E-state index is 0.0141. The van der Waals surface area contributed by atoms with Crippen molar-refractivity contribution in [3.63, 3.8) is 0 Å². The lowest BCUT2D eigenvalue weighted by atomic mass is 9.96. The van der Waals surface area contributed by atoms with E-state index in [1.165, 1.54) is 11.1 Å². The molecular weight excluding hydrogens is 402 g/mol. The molecular formula is C26H25N3O3. The van der Waals surface area contributed by atoms with Gasteiger partial charge in [-0.25, -0.2) is 0 Å². The van der Waals surface area contributed by atoms with Crippen LogP contribution in [-0.2, 0) is 4.74 Å². The summed E-state index contributed by atoms with van der Waals surface area (Å²) in [5.41, 5.74) is 12.7. The van der Waals surface area contributed by atoms with Crippen LogP contribution >= 0.6 is 0 Å². The molecule has 1 aliphatic rings. The van der Waals surface area contributed by atoms with Crippen molar-refractivity contribution in [1.29, 1.82) is 0 Å². The summed E-state index contributed by atoms with van der Waals surface area (Å²) in [4.78, 5) is 30.4. The number of nitrogens with one attached hydrogen (secondary N) is 1. The predicted octanol–water partition coefficient (Wildman–Crippen LogP) is 4.18. The summed E-state index contributed by atoms with van der Waals surface area (Å²) in [6.45, 7) is 6.45. The second-order valence-electron chi connectivity index (χ2n) is 8.40. The summed E-state index contributed by atoms with van der Waals surface area (Å²) in [6.07, 6.45) is 0. The highest BCUT2D eigenvalue weighted by atomic mass is 16.5. The average molecular weight is 428 g/mol. The van der Waals surface area contributed by atoms with E-state index in [1.807, 2.05) is 24.3 Å². The van der Waals surface area contributed by atoms with E-state index < -0.39 is 5.91 Å². The number of benzene rings is 3. The zero-order valence-electron chi connectivity index (χ0n) is 18.2. The van der Waals surface area contributed by atoms with Crippen molar-refractivity contribution in [2.75, 3.05) is 26.3 Å². The van der Waals surface area contributed by atoms with Crippen LogP contribution in [0.4, 0.5) is 0 Å². The van der Waals surface area contributed by atoms with Crippen molar-refractivity contribution < 1.29 is 14.3 Å². The molecule has 0 saturated carbocycles. The van der Waals surface area contributed by atoms with Gasteiger partial charge < -0.3 is 20.4 Å². The summed E-state index contributed by atoms with van der Waals surface area (Å²) in [5.74, 6) is -0.503. The van der Waals surface area contributed by atoms with E-state index in [1.54, 1.807) is 4.90 Å². The van der Waals surface area contributed by atoms with E-state index in [-0.39, 0.29) is 5.91 Å². The molecule has 6 nitrogen and oxygen atoms in total. The molecule has 1 fully saturated rings. The minimum Gasteiger partial charge on any atom is -0.378 e. The van der Waals surface area contributed by atoms with Crippen molar-refractivity contribution in [2.45, 2.75) is 13.8 Å². The van der Waals surface area contributed by atoms with Crippen molar-refractivity contribution in [2.24, 2.45) is 5.73 Å². The van der Waals surface area contributed by atoms with E-state index in [9.17, 15) is 9.59 Å². The zero-order chi connectivity index (χ0) is 22.4. The van der Waals surface area contributed by atoms with Gasteiger partial charge in [0, 0.05) is 34.9 Å². The van der Waals surface area contributed by atoms with E-state index in [4.69, 9.17) is 10.5 Å². The van der Waals surface area contributed by atoms with Gasteiger partial charge in [0.1, 0.15) is 0 Å². The molecule has 3 N–H and O–H groups in total. The molecule has 1 aliphatic heterocycles. The third-order valence-corrected chi connectivity index (χ3v) is 6.36. The highest BCUT2D eigenvalue weighted by Crippen LogP contribution is 2.34. The first-order valence-electron chi connectivity index (χ1n) is 10.8. The Labute approximate surface area is 186 Å². The van der Waals surface area contributed by atoms with Gasteiger partial charge >= 0.3 is 0 Å². The summed E-state index contributed by atoms with van der Waals surface area (Å²) < 4.78 is 5.35. The lowest BCUT2D eigenvalue weighted by molar-refractivity contribution is 0.0303. The number of rotatable bonds is 3. The second kappa shape index (κ2) is 7.80. The van der Waals surface area contributed by atoms with Gasteiger partial charge in [-0.1, -0.05) is 24.3 Å². The SMILES string of the molecule is Cc1ccc(-c2cc(C(N)=O)c3[nH]c4cc(C(=O)N5CCOCC5)ccc4c3c2)cc1C. The number of hydrogen-bond acceptors (Lipinski definition) is 3. The van der Waals surface area contributed by atoms with Crippen molar-refractivity contribution in [3.8, 4) is 11.1 Å². The number of H-pyrrole nitrogens is 1. The van der Waals surface area contributed by atoms with Gasteiger partial charge in [0.15, 0.2) is 0 Å². The van der Waals surface area contributed by atoms with Gasteiger partial charge in [0.2, 0.25) is 0 Å². The Bertz CT molecular complexity index is 1380. The lowest BCUT2D eigenvalue weighted by Crippen LogP contribution is -2.40. The van der Waals surface area contributed by atoms with Crippen LogP contribution in [0.25, 0.3) is 32.9 Å². The van der Waals surface area contributed by atoms with Crippen LogP contribution in [0.2, 0.25) is 0 Å². The molecule has 0 spiro atoms. The number of aromatic amines is 1. The standard InChI is InChI=1S/C26H25N3O3/c1-15-3-4-17(11-16(15)2)19-12-21-20-6-5-18(26(31)29-7-9-32-10-8-29)14-23(20)28-24(21)22(13-19)25(27)30/h3-6,11-14,28H,7-10H2,1-2H3,(H2,27,30). The van der Waals surface area contributed by atoms with Crippen LogP contribution in [-0.4, -0.2) is 48.0 Å². The van der Waals surface area contributed by atoms with Gasteiger partial charge in [0.25, 0.3) is 11.8 Å². The van der Waals surface area contributed by atoms with Gasteiger partial charge in [-0.3, -0.25) is 9.59 Å². The fourth-order valence-electron chi connectivity index (χ4n) is 4.37. The Morgan fingerprint density at radius 2 is 1.69 bits per heavy atom. The quantitative estimate of drug-likeness (QED) is 0.514. The Morgan fingerprint density at radius 3 is 2.41 bits per heavy atom. The first-order valence-corrected chi connectivity index (χ1v) is 10.8. The number of fused-ring (bicyclic) bond motifs is 3. The molecule has 32 heavy (non-hydrogen) atoms. The number of aryl methyl sites for hydroxylation is 2. The van der Waals surface area contributed by atoms with Crippen molar-refractivity contribution >= 4 is 33.6 Å². The molecule has 3 aromatic carbocycles. The molecule has 1 saturated heterocycles. The molecule has 162 valence electrons. The number of amides is 2. The van der Waals surface area contributed by atoms with Gasteiger partial charge in [-0.05, 0) is 60.4 Å². The van der Waals surface area contributed by atoms with Gasteiger partial charge in [0.05, 0.1) is 24.3 Å².